The molecule has 0 spiro atoms. The number of esters is 1. The number of carbonyl (C=O) groups excluding carboxylic acids is 2. The molecule has 0 saturated carbocycles. The van der Waals surface area contributed by atoms with Gasteiger partial charge in [0.25, 0.3) is 0 Å². The predicted octanol–water partition coefficient (Wildman–Crippen LogP) is 0.929. The molecule has 2 saturated heterocycles. The van der Waals surface area contributed by atoms with Crippen LogP contribution < -0.4 is 5.32 Å². The second-order valence-electron chi connectivity index (χ2n) is 7.23. The van der Waals surface area contributed by atoms with E-state index in [4.69, 9.17) is 9.47 Å². The van der Waals surface area contributed by atoms with Crippen molar-refractivity contribution in [3.63, 3.8) is 0 Å². The van der Waals surface area contributed by atoms with Crippen molar-refractivity contribution in [1.82, 2.24) is 5.32 Å². The summed E-state index contributed by atoms with van der Waals surface area (Å²) in [6.45, 7) is 5.63. The first kappa shape index (κ1) is 16.5. The lowest BCUT2D eigenvalue weighted by Gasteiger charge is -2.27. The highest BCUT2D eigenvalue weighted by molar-refractivity contribution is 5.78. The Morgan fingerprint density at radius 3 is 2.96 bits per heavy atom. The van der Waals surface area contributed by atoms with Gasteiger partial charge in [-0.3, -0.25) is 9.59 Å². The zero-order valence-electron chi connectivity index (χ0n) is 13.9. The molecule has 2 aliphatic heterocycles. The lowest BCUT2D eigenvalue weighted by atomic mass is 9.79. The van der Waals surface area contributed by atoms with E-state index in [0.29, 0.717) is 6.42 Å². The van der Waals surface area contributed by atoms with Gasteiger partial charge in [0.05, 0.1) is 17.6 Å². The zero-order chi connectivity index (χ0) is 16.8. The van der Waals surface area contributed by atoms with Crippen LogP contribution in [0.15, 0.2) is 11.6 Å². The number of aliphatic hydroxyl groups is 1. The van der Waals surface area contributed by atoms with Gasteiger partial charge in [-0.2, -0.15) is 0 Å². The summed E-state index contributed by atoms with van der Waals surface area (Å²) < 4.78 is 11.4. The Bertz CT molecular complexity index is 545. The van der Waals surface area contributed by atoms with E-state index < -0.39 is 18.1 Å². The van der Waals surface area contributed by atoms with Crippen LogP contribution in [0, 0.1) is 11.8 Å². The average Bonchev–Trinajstić information content (AvgIpc) is 3.00. The molecular formula is C17H25NO5. The van der Waals surface area contributed by atoms with E-state index in [-0.39, 0.29) is 36.0 Å². The highest BCUT2D eigenvalue weighted by Gasteiger charge is 2.64. The predicted molar refractivity (Wildman–Crippen MR) is 82.4 cm³/mol. The van der Waals surface area contributed by atoms with E-state index in [1.807, 2.05) is 13.8 Å². The van der Waals surface area contributed by atoms with E-state index in [2.05, 4.69) is 11.4 Å². The molecule has 2 heterocycles. The highest BCUT2D eigenvalue weighted by Crippen LogP contribution is 2.50. The van der Waals surface area contributed by atoms with Crippen molar-refractivity contribution >= 4 is 11.9 Å². The fourth-order valence-electron chi connectivity index (χ4n) is 3.94. The molecule has 3 rings (SSSR count). The van der Waals surface area contributed by atoms with Gasteiger partial charge in [-0.15, -0.1) is 0 Å². The SMILES string of the molecule is CC(=O)NCC1C(=O)OC2C1C(O)C/C(C)=C\CCC1(C)OC21. The summed E-state index contributed by atoms with van der Waals surface area (Å²) in [5, 5.41) is 13.4. The Balaban J connectivity index is 1.86. The van der Waals surface area contributed by atoms with Crippen molar-refractivity contribution in [1.29, 1.82) is 0 Å². The molecule has 0 aromatic rings. The molecule has 0 aromatic carbocycles. The molecule has 0 aromatic heterocycles. The minimum absolute atomic E-state index is 0.166. The van der Waals surface area contributed by atoms with Crippen LogP contribution in [0.1, 0.15) is 40.0 Å². The third kappa shape index (κ3) is 3.15. The van der Waals surface area contributed by atoms with Crippen molar-refractivity contribution in [2.75, 3.05) is 6.54 Å². The number of hydrogen-bond acceptors (Lipinski definition) is 5. The van der Waals surface area contributed by atoms with E-state index in [1.165, 1.54) is 6.92 Å². The number of amides is 1. The minimum atomic E-state index is -0.687. The maximum absolute atomic E-state index is 12.3. The highest BCUT2D eigenvalue weighted by atomic mass is 16.6. The number of carbonyl (C=O) groups is 2. The molecule has 2 fully saturated rings. The lowest BCUT2D eigenvalue weighted by Crippen LogP contribution is -2.41. The molecule has 0 bridgehead atoms. The molecule has 128 valence electrons. The van der Waals surface area contributed by atoms with Crippen molar-refractivity contribution in [2.24, 2.45) is 11.8 Å². The van der Waals surface area contributed by atoms with Gasteiger partial charge in [-0.25, -0.2) is 0 Å². The minimum Gasteiger partial charge on any atom is -0.459 e. The standard InChI is InChI=1S/C17H25NO5/c1-9-5-4-6-17(3)15(23-17)14-13(12(20)7-9)11(16(21)22-14)8-18-10(2)19/h5,11-15,20H,4,6-8H2,1-3H3,(H,18,19)/b9-5-. The van der Waals surface area contributed by atoms with Crippen LogP contribution in [0.3, 0.4) is 0 Å². The quantitative estimate of drug-likeness (QED) is 0.448. The first-order chi connectivity index (χ1) is 10.8. The van der Waals surface area contributed by atoms with Crippen LogP contribution in [-0.2, 0) is 19.1 Å². The molecular weight excluding hydrogens is 298 g/mol. The number of nitrogens with one attached hydrogen (secondary N) is 1. The number of fused-ring (bicyclic) bond motifs is 3. The largest absolute Gasteiger partial charge is 0.459 e. The average molecular weight is 323 g/mol. The van der Waals surface area contributed by atoms with Crippen LogP contribution in [0.5, 0.6) is 0 Å². The number of ether oxygens (including phenoxy) is 2. The maximum atomic E-state index is 12.3. The van der Waals surface area contributed by atoms with Crippen LogP contribution >= 0.6 is 0 Å². The molecule has 23 heavy (non-hydrogen) atoms. The van der Waals surface area contributed by atoms with E-state index in [9.17, 15) is 14.7 Å². The van der Waals surface area contributed by atoms with E-state index >= 15 is 0 Å². The molecule has 2 N–H and O–H groups in total. The number of rotatable bonds is 2. The summed E-state index contributed by atoms with van der Waals surface area (Å²) in [6, 6.07) is 0. The van der Waals surface area contributed by atoms with Crippen molar-refractivity contribution < 1.29 is 24.2 Å². The molecule has 6 atom stereocenters. The number of hydrogen-bond donors (Lipinski definition) is 2. The summed E-state index contributed by atoms with van der Waals surface area (Å²) in [7, 11) is 0. The number of allylic oxidation sites excluding steroid dienone is 1. The summed E-state index contributed by atoms with van der Waals surface area (Å²) >= 11 is 0. The summed E-state index contributed by atoms with van der Waals surface area (Å²) in [4.78, 5) is 23.5. The molecule has 0 radical (unpaired) electrons. The van der Waals surface area contributed by atoms with Crippen molar-refractivity contribution in [2.45, 2.75) is 63.9 Å². The van der Waals surface area contributed by atoms with Crippen molar-refractivity contribution in [3.8, 4) is 0 Å². The van der Waals surface area contributed by atoms with Gasteiger partial charge in [0.1, 0.15) is 12.2 Å². The van der Waals surface area contributed by atoms with Gasteiger partial charge in [-0.1, -0.05) is 11.6 Å². The van der Waals surface area contributed by atoms with Crippen LogP contribution in [0.25, 0.3) is 0 Å². The number of aliphatic hydroxyl groups excluding tert-OH is 1. The molecule has 6 nitrogen and oxygen atoms in total. The van der Waals surface area contributed by atoms with Crippen LogP contribution in [0.4, 0.5) is 0 Å². The first-order valence-corrected chi connectivity index (χ1v) is 8.28. The third-order valence-corrected chi connectivity index (χ3v) is 5.32. The van der Waals surface area contributed by atoms with E-state index in [0.717, 1.165) is 18.4 Å². The summed E-state index contributed by atoms with van der Waals surface area (Å²) in [5.74, 6) is -1.44. The monoisotopic (exact) mass is 323 g/mol. The molecule has 1 aliphatic carbocycles. The van der Waals surface area contributed by atoms with Gasteiger partial charge >= 0.3 is 5.97 Å². The lowest BCUT2D eigenvalue weighted by molar-refractivity contribution is -0.144. The molecule has 1 amide bonds. The Morgan fingerprint density at radius 2 is 2.26 bits per heavy atom. The Kier molecular flexibility index (Phi) is 4.23. The maximum Gasteiger partial charge on any atom is 0.311 e. The smallest absolute Gasteiger partial charge is 0.311 e. The second-order valence-corrected chi connectivity index (χ2v) is 7.23. The van der Waals surface area contributed by atoms with Crippen LogP contribution in [-0.4, -0.2) is 47.4 Å². The third-order valence-electron chi connectivity index (χ3n) is 5.32. The first-order valence-electron chi connectivity index (χ1n) is 8.28. The van der Waals surface area contributed by atoms with E-state index in [1.54, 1.807) is 0 Å². The van der Waals surface area contributed by atoms with Gasteiger partial charge < -0.3 is 19.9 Å². The summed E-state index contributed by atoms with van der Waals surface area (Å²) in [6.07, 6.45) is 3.13. The summed E-state index contributed by atoms with van der Waals surface area (Å²) in [5.41, 5.74) is 0.816. The topological polar surface area (TPSA) is 88.2 Å². The van der Waals surface area contributed by atoms with Gasteiger partial charge in [0.2, 0.25) is 5.91 Å². The number of epoxide rings is 1. The van der Waals surface area contributed by atoms with Gasteiger partial charge in [-0.05, 0) is 33.1 Å². The molecule has 3 aliphatic rings. The second kappa shape index (κ2) is 5.91. The normalized spacial score (nSPS) is 45.1. The zero-order valence-corrected chi connectivity index (χ0v) is 13.9. The van der Waals surface area contributed by atoms with Gasteiger partial charge in [0, 0.05) is 19.4 Å². The Hall–Kier alpha value is -1.40. The fraction of sp³-hybridized carbons (Fsp3) is 0.765. The molecule has 6 unspecified atom stereocenters. The van der Waals surface area contributed by atoms with Crippen LogP contribution in [0.2, 0.25) is 0 Å². The van der Waals surface area contributed by atoms with Crippen molar-refractivity contribution in [3.05, 3.63) is 11.6 Å². The fourth-order valence-corrected chi connectivity index (χ4v) is 3.94. The Morgan fingerprint density at radius 1 is 1.52 bits per heavy atom. The molecule has 6 heteroatoms. The Labute approximate surface area is 136 Å². The van der Waals surface area contributed by atoms with Gasteiger partial charge in [0.15, 0.2) is 0 Å².